The van der Waals surface area contributed by atoms with Crippen molar-refractivity contribution >= 4 is 17.2 Å². The summed E-state index contributed by atoms with van der Waals surface area (Å²) in [5, 5.41) is 11.7. The predicted octanol–water partition coefficient (Wildman–Crippen LogP) is 2.46. The average molecular weight is 284 g/mol. The highest BCUT2D eigenvalue weighted by Gasteiger charge is 2.11. The Labute approximate surface area is 119 Å². The topological polar surface area (TPSA) is 70.7 Å². The minimum absolute atomic E-state index is 0.173. The molecule has 0 saturated heterocycles. The van der Waals surface area contributed by atoms with E-state index in [2.05, 4.69) is 20.5 Å². The number of aromatic nitrogens is 3. The van der Waals surface area contributed by atoms with Crippen LogP contribution in [0.25, 0.3) is 11.4 Å². The van der Waals surface area contributed by atoms with Crippen LogP contribution < -0.4 is 5.32 Å². The molecular formula is C14H12N4OS. The van der Waals surface area contributed by atoms with E-state index in [-0.39, 0.29) is 5.91 Å². The largest absolute Gasteiger partial charge is 0.346 e. The maximum atomic E-state index is 12.0. The van der Waals surface area contributed by atoms with Gasteiger partial charge in [-0.15, -0.1) is 11.3 Å². The fourth-order valence-corrected chi connectivity index (χ4v) is 2.40. The van der Waals surface area contributed by atoms with Crippen LogP contribution in [0.5, 0.6) is 0 Å². The number of nitrogens with one attached hydrogen (secondary N) is 2. The number of pyridine rings is 1. The first-order valence-corrected chi connectivity index (χ1v) is 6.98. The molecule has 3 aromatic heterocycles. The third-order valence-corrected chi connectivity index (χ3v) is 3.63. The lowest BCUT2D eigenvalue weighted by molar-refractivity contribution is 0.0946. The Bertz CT molecular complexity index is 691. The minimum atomic E-state index is -0.173. The van der Waals surface area contributed by atoms with Crippen molar-refractivity contribution in [3.8, 4) is 11.4 Å². The second-order valence-corrected chi connectivity index (χ2v) is 5.18. The van der Waals surface area contributed by atoms with Crippen LogP contribution >= 0.6 is 11.3 Å². The summed E-state index contributed by atoms with van der Waals surface area (Å²) in [4.78, 5) is 17.3. The molecule has 0 spiro atoms. The Morgan fingerprint density at radius 2 is 2.20 bits per heavy atom. The van der Waals surface area contributed by atoms with Crippen molar-refractivity contribution in [1.29, 1.82) is 0 Å². The first kappa shape index (κ1) is 12.6. The maximum Gasteiger partial charge on any atom is 0.269 e. The summed E-state index contributed by atoms with van der Waals surface area (Å²) in [5.41, 5.74) is 1.83. The van der Waals surface area contributed by atoms with Gasteiger partial charge in [0.05, 0.1) is 12.2 Å². The second kappa shape index (κ2) is 5.66. The molecule has 3 heterocycles. The molecule has 20 heavy (non-hydrogen) atoms. The van der Waals surface area contributed by atoms with Crippen molar-refractivity contribution < 1.29 is 4.79 Å². The number of rotatable bonds is 4. The molecule has 0 fully saturated rings. The molecule has 6 heteroatoms. The van der Waals surface area contributed by atoms with Crippen LogP contribution in [-0.4, -0.2) is 21.1 Å². The van der Waals surface area contributed by atoms with E-state index < -0.39 is 0 Å². The normalized spacial score (nSPS) is 10.4. The van der Waals surface area contributed by atoms with E-state index in [1.807, 2.05) is 35.7 Å². The fraction of sp³-hybridized carbons (Fsp3) is 0.0714. The predicted molar refractivity (Wildman–Crippen MR) is 77.3 cm³/mol. The quantitative estimate of drug-likeness (QED) is 0.773. The van der Waals surface area contributed by atoms with Gasteiger partial charge < -0.3 is 5.32 Å². The van der Waals surface area contributed by atoms with E-state index in [4.69, 9.17) is 0 Å². The van der Waals surface area contributed by atoms with E-state index in [1.165, 1.54) is 0 Å². The third kappa shape index (κ3) is 2.75. The van der Waals surface area contributed by atoms with Gasteiger partial charge in [0.25, 0.3) is 5.91 Å². The Kier molecular flexibility index (Phi) is 3.56. The zero-order valence-corrected chi connectivity index (χ0v) is 11.4. The van der Waals surface area contributed by atoms with Gasteiger partial charge in [0.2, 0.25) is 0 Å². The van der Waals surface area contributed by atoms with E-state index in [1.54, 1.807) is 23.6 Å². The number of amides is 1. The highest BCUT2D eigenvalue weighted by Crippen LogP contribution is 2.14. The smallest absolute Gasteiger partial charge is 0.269 e. The van der Waals surface area contributed by atoms with Gasteiger partial charge in [0.15, 0.2) is 0 Å². The molecule has 5 nitrogen and oxygen atoms in total. The summed E-state index contributed by atoms with van der Waals surface area (Å²) in [6.45, 7) is 0.522. The highest BCUT2D eigenvalue weighted by atomic mass is 32.1. The number of nitrogens with zero attached hydrogens (tertiary/aromatic N) is 2. The molecule has 0 aromatic carbocycles. The van der Waals surface area contributed by atoms with Gasteiger partial charge in [-0.2, -0.15) is 5.10 Å². The molecular weight excluding hydrogens is 272 g/mol. The van der Waals surface area contributed by atoms with Crippen LogP contribution in [0.4, 0.5) is 0 Å². The molecule has 0 radical (unpaired) electrons. The lowest BCUT2D eigenvalue weighted by Gasteiger charge is -2.00. The van der Waals surface area contributed by atoms with E-state index >= 15 is 0 Å². The highest BCUT2D eigenvalue weighted by molar-refractivity contribution is 7.09. The van der Waals surface area contributed by atoms with Crippen LogP contribution in [0.15, 0.2) is 48.0 Å². The molecule has 0 saturated carbocycles. The number of aromatic amines is 1. The lowest BCUT2D eigenvalue weighted by Crippen LogP contribution is -2.22. The van der Waals surface area contributed by atoms with Crippen molar-refractivity contribution in [2.75, 3.05) is 0 Å². The zero-order valence-electron chi connectivity index (χ0n) is 10.5. The molecule has 3 rings (SSSR count). The number of hydrogen-bond donors (Lipinski definition) is 2. The van der Waals surface area contributed by atoms with Gasteiger partial charge in [-0.3, -0.25) is 14.9 Å². The molecule has 1 amide bonds. The van der Waals surface area contributed by atoms with Crippen LogP contribution in [0.2, 0.25) is 0 Å². The maximum absolute atomic E-state index is 12.0. The average Bonchev–Trinajstić information content (AvgIpc) is 3.17. The molecule has 0 bridgehead atoms. The summed E-state index contributed by atoms with van der Waals surface area (Å²) >= 11 is 1.61. The van der Waals surface area contributed by atoms with Crippen molar-refractivity contribution in [2.24, 2.45) is 0 Å². The third-order valence-electron chi connectivity index (χ3n) is 2.75. The molecule has 0 unspecified atom stereocenters. The van der Waals surface area contributed by atoms with Gasteiger partial charge in [-0.25, -0.2) is 0 Å². The molecule has 2 N–H and O–H groups in total. The fourth-order valence-electron chi connectivity index (χ4n) is 1.76. The van der Waals surface area contributed by atoms with Gasteiger partial charge in [0.1, 0.15) is 11.4 Å². The van der Waals surface area contributed by atoms with Crippen molar-refractivity contribution in [3.63, 3.8) is 0 Å². The summed E-state index contributed by atoms with van der Waals surface area (Å²) in [5.74, 6) is -0.173. The summed E-state index contributed by atoms with van der Waals surface area (Å²) in [6, 6.07) is 11.2. The van der Waals surface area contributed by atoms with E-state index in [9.17, 15) is 4.79 Å². The summed E-state index contributed by atoms with van der Waals surface area (Å²) in [6.07, 6.45) is 1.69. The van der Waals surface area contributed by atoms with Gasteiger partial charge >= 0.3 is 0 Å². The lowest BCUT2D eigenvalue weighted by atomic mass is 10.2. The monoisotopic (exact) mass is 284 g/mol. The number of H-pyrrole nitrogens is 1. The van der Waals surface area contributed by atoms with Crippen molar-refractivity contribution in [1.82, 2.24) is 20.5 Å². The molecule has 0 aliphatic carbocycles. The standard InChI is InChI=1S/C14H12N4OS/c19-14(16-9-10-4-3-7-20-10)13-8-12(17-18-13)11-5-1-2-6-15-11/h1-8H,9H2,(H,16,19)(H,17,18). The molecule has 0 aliphatic heterocycles. The van der Waals surface area contributed by atoms with Crippen LogP contribution in [-0.2, 0) is 6.54 Å². The molecule has 0 aliphatic rings. The minimum Gasteiger partial charge on any atom is -0.346 e. The van der Waals surface area contributed by atoms with Gasteiger partial charge in [0, 0.05) is 11.1 Å². The Hall–Kier alpha value is -2.47. The Morgan fingerprint density at radius 1 is 1.25 bits per heavy atom. The van der Waals surface area contributed by atoms with Crippen LogP contribution in [0.1, 0.15) is 15.4 Å². The molecule has 3 aromatic rings. The van der Waals surface area contributed by atoms with Gasteiger partial charge in [-0.05, 0) is 29.6 Å². The SMILES string of the molecule is O=C(NCc1cccs1)c1cc(-c2ccccn2)n[nH]1. The Balaban J connectivity index is 1.69. The summed E-state index contributed by atoms with van der Waals surface area (Å²) in [7, 11) is 0. The first-order chi connectivity index (χ1) is 9.83. The number of carbonyl (C=O) groups excluding carboxylic acids is 1. The first-order valence-electron chi connectivity index (χ1n) is 6.10. The number of hydrogen-bond acceptors (Lipinski definition) is 4. The van der Waals surface area contributed by atoms with Crippen LogP contribution in [0, 0.1) is 0 Å². The Morgan fingerprint density at radius 3 is 2.95 bits per heavy atom. The van der Waals surface area contributed by atoms with Crippen molar-refractivity contribution in [2.45, 2.75) is 6.54 Å². The molecule has 100 valence electrons. The molecule has 0 atom stereocenters. The zero-order chi connectivity index (χ0) is 13.8. The summed E-state index contributed by atoms with van der Waals surface area (Å²) < 4.78 is 0. The second-order valence-electron chi connectivity index (χ2n) is 4.14. The van der Waals surface area contributed by atoms with E-state index in [0.717, 1.165) is 10.6 Å². The van der Waals surface area contributed by atoms with Crippen molar-refractivity contribution in [3.05, 3.63) is 58.5 Å². The van der Waals surface area contributed by atoms with E-state index in [0.29, 0.717) is 17.9 Å². The van der Waals surface area contributed by atoms with Crippen LogP contribution in [0.3, 0.4) is 0 Å². The number of carbonyl (C=O) groups is 1. The number of thiophene rings is 1. The van der Waals surface area contributed by atoms with Gasteiger partial charge in [-0.1, -0.05) is 12.1 Å².